The Hall–Kier alpha value is -4.86. The molecule has 2 heterocycles. The van der Waals surface area contributed by atoms with Crippen LogP contribution in [0.2, 0.25) is 5.02 Å². The summed E-state index contributed by atoms with van der Waals surface area (Å²) < 4.78 is 133. The fourth-order valence-electron chi connectivity index (χ4n) is 5.38. The number of carbonyl (C=O) groups excluding carboxylic acids is 2. The van der Waals surface area contributed by atoms with E-state index in [9.17, 15) is 53.5 Å². The molecular weight excluding hydrogens is 780 g/mol. The van der Waals surface area contributed by atoms with E-state index in [1.165, 1.54) is 24.3 Å². The molecule has 1 saturated heterocycles. The number of nitrogens with one attached hydrogen (secondary N) is 2. The summed E-state index contributed by atoms with van der Waals surface area (Å²) in [6.07, 6.45) is -11.2. The zero-order valence-corrected chi connectivity index (χ0v) is 28.8. The second-order valence-corrected chi connectivity index (χ2v) is 15.3. The van der Waals surface area contributed by atoms with Crippen molar-refractivity contribution in [2.75, 3.05) is 10.8 Å². The fourth-order valence-corrected chi connectivity index (χ4v) is 8.31. The van der Waals surface area contributed by atoms with Gasteiger partial charge >= 0.3 is 18.3 Å². The number of carbonyl (C=O) groups is 2. The molecule has 4 N–H and O–H groups in total. The molecule has 5 aromatic rings. The van der Waals surface area contributed by atoms with Crippen molar-refractivity contribution in [1.29, 1.82) is 0 Å². The van der Waals surface area contributed by atoms with Gasteiger partial charge < -0.3 is 9.82 Å². The Labute approximate surface area is 302 Å². The molecule has 0 saturated carbocycles. The van der Waals surface area contributed by atoms with Gasteiger partial charge in [-0.05, 0) is 81.0 Å². The van der Waals surface area contributed by atoms with Crippen LogP contribution in [0, 0.1) is 0 Å². The van der Waals surface area contributed by atoms with E-state index in [0.29, 0.717) is 23.3 Å². The second-order valence-electron chi connectivity index (χ2n) is 11.5. The van der Waals surface area contributed by atoms with Crippen molar-refractivity contribution in [3.8, 4) is 11.1 Å². The van der Waals surface area contributed by atoms with Gasteiger partial charge in [-0.25, -0.2) is 27.2 Å². The Balaban J connectivity index is 1.48. The molecule has 1 fully saturated rings. The first-order valence-electron chi connectivity index (χ1n) is 14.9. The molecule has 0 aliphatic carbocycles. The van der Waals surface area contributed by atoms with E-state index in [-0.39, 0.29) is 31.8 Å². The highest BCUT2D eigenvalue weighted by Gasteiger charge is 2.47. The molecule has 1 amide bonds. The van der Waals surface area contributed by atoms with Crippen LogP contribution in [0.15, 0.2) is 95.9 Å². The van der Waals surface area contributed by atoms with E-state index in [4.69, 9.17) is 11.6 Å². The maximum absolute atomic E-state index is 14.2. The van der Waals surface area contributed by atoms with Crippen molar-refractivity contribution in [3.05, 3.63) is 113 Å². The first kappa shape index (κ1) is 37.9. The summed E-state index contributed by atoms with van der Waals surface area (Å²) in [4.78, 5) is 34.8. The molecule has 53 heavy (non-hydrogen) atoms. The summed E-state index contributed by atoms with van der Waals surface area (Å²) in [7, 11) is -9.07. The minimum atomic E-state index is -5.71. The van der Waals surface area contributed by atoms with E-state index in [1.807, 2.05) is 4.72 Å². The minimum absolute atomic E-state index is 0.0397. The van der Waals surface area contributed by atoms with E-state index >= 15 is 0 Å². The first-order valence-corrected chi connectivity index (χ1v) is 18.3. The number of hydroxylamine groups is 1. The zero-order chi connectivity index (χ0) is 38.5. The van der Waals surface area contributed by atoms with Crippen LogP contribution in [0.25, 0.3) is 22.2 Å². The number of halogens is 7. The van der Waals surface area contributed by atoms with Crippen LogP contribution >= 0.6 is 22.6 Å². The van der Waals surface area contributed by atoms with E-state index in [1.54, 1.807) is 30.3 Å². The number of aromatic amines is 1. The molecule has 6 rings (SSSR count). The summed E-state index contributed by atoms with van der Waals surface area (Å²) in [6.45, 7) is -0.509. The van der Waals surface area contributed by atoms with Crippen LogP contribution in [0.1, 0.15) is 23.0 Å². The van der Waals surface area contributed by atoms with Gasteiger partial charge in [-0.15, -0.1) is 0 Å². The zero-order valence-electron chi connectivity index (χ0n) is 26.4. The van der Waals surface area contributed by atoms with Gasteiger partial charge in [-0.1, -0.05) is 60.1 Å². The monoisotopic (exact) mass is 803 g/mol. The lowest BCUT2D eigenvalue weighted by molar-refractivity contribution is -0.227. The van der Waals surface area contributed by atoms with Gasteiger partial charge in [-0.2, -0.15) is 26.3 Å². The molecule has 4 aromatic carbocycles. The first-order chi connectivity index (χ1) is 24.7. The van der Waals surface area contributed by atoms with Crippen LogP contribution in [-0.2, 0) is 37.0 Å². The lowest BCUT2D eigenvalue weighted by Gasteiger charge is -2.36. The highest BCUT2D eigenvalue weighted by molar-refractivity contribution is 8.24. The Bertz CT molecular complexity index is 2310. The number of sulfonamides is 1. The molecule has 12 nitrogen and oxygen atoms in total. The van der Waals surface area contributed by atoms with E-state index < -0.39 is 80.5 Å². The van der Waals surface area contributed by atoms with Crippen molar-refractivity contribution in [2.24, 2.45) is 0 Å². The topological polar surface area (TPSA) is 165 Å². The lowest BCUT2D eigenvalue weighted by Crippen LogP contribution is -2.42. The maximum atomic E-state index is 14.2. The third-order valence-electron chi connectivity index (χ3n) is 7.85. The number of imidazole rings is 1. The molecule has 0 spiro atoms. The Morgan fingerprint density at radius 1 is 0.962 bits per heavy atom. The summed E-state index contributed by atoms with van der Waals surface area (Å²) >= 11 is 6.43. The van der Waals surface area contributed by atoms with Gasteiger partial charge in [-0.3, -0.25) is 13.9 Å². The number of hydrogen-bond donors (Lipinski definition) is 4. The van der Waals surface area contributed by atoms with Gasteiger partial charge in [0, 0.05) is 0 Å². The van der Waals surface area contributed by atoms with Crippen molar-refractivity contribution in [1.82, 2.24) is 19.2 Å². The number of hydrogen-bond acceptors (Lipinski definition) is 9. The Morgan fingerprint density at radius 2 is 1.62 bits per heavy atom. The van der Waals surface area contributed by atoms with Crippen LogP contribution in [-0.4, -0.2) is 56.6 Å². The summed E-state index contributed by atoms with van der Waals surface area (Å²) in [5.41, 5.74) is -0.386. The van der Waals surface area contributed by atoms with Gasteiger partial charge in [0.2, 0.25) is 0 Å². The number of amides is 1. The summed E-state index contributed by atoms with van der Waals surface area (Å²) in [5, 5.41) is -0.227. The predicted molar refractivity (Wildman–Crippen MR) is 180 cm³/mol. The van der Waals surface area contributed by atoms with Crippen molar-refractivity contribution < 1.29 is 58.3 Å². The number of aromatic nitrogens is 2. The molecule has 0 radical (unpaired) electrons. The molecule has 1 aliphatic rings. The number of rotatable bonds is 9. The third kappa shape index (κ3) is 7.92. The number of anilines is 1. The van der Waals surface area contributed by atoms with Crippen LogP contribution in [0.5, 0.6) is 0 Å². The highest BCUT2D eigenvalue weighted by Crippen LogP contribution is 2.48. The van der Waals surface area contributed by atoms with Crippen LogP contribution in [0.4, 0.5) is 32.0 Å². The standard InChI is InChI=1S/C32H24ClF6N5O7S2/c33-23-14-18(6-13-26(23)43-17-28(45)42-53(43,49)50)15-27(29-40-24-12-9-21(31(34,35)36)16-25(24)41-29)44(51-30(46)32(37,38)39)52(47,48)22-10-7-20(8-11-22)19-4-2-1-3-5-19/h1-14,16,27,49-50H,15,17H2,(H,40,41)(H,42,45). The molecule has 21 heteroatoms. The minimum Gasteiger partial charge on any atom is -0.344 e. The predicted octanol–water partition coefficient (Wildman–Crippen LogP) is 7.41. The van der Waals surface area contributed by atoms with Crippen molar-refractivity contribution in [3.63, 3.8) is 0 Å². The number of benzene rings is 4. The van der Waals surface area contributed by atoms with Gasteiger partial charge in [0.1, 0.15) is 18.4 Å². The number of nitrogens with zero attached hydrogens (tertiary/aromatic N) is 3. The SMILES string of the molecule is O=C1CN(c2ccc(CC(c3nc4cc(C(F)(F)F)ccc4[nH]3)N(OC(=O)C(F)(F)F)S(=O)(=O)c3ccc(-c4ccccc4)cc3)cc2Cl)S(O)(O)N1. The van der Waals surface area contributed by atoms with Crippen LogP contribution in [0.3, 0.4) is 0 Å². The highest BCUT2D eigenvalue weighted by atomic mass is 35.5. The fraction of sp³-hybridized carbons (Fsp3) is 0.156. The molecule has 280 valence electrons. The van der Waals surface area contributed by atoms with Crippen molar-refractivity contribution >= 4 is 61.2 Å². The van der Waals surface area contributed by atoms with E-state index in [0.717, 1.165) is 28.6 Å². The van der Waals surface area contributed by atoms with Gasteiger partial charge in [0.05, 0.1) is 32.2 Å². The van der Waals surface area contributed by atoms with E-state index in [2.05, 4.69) is 14.8 Å². The average molecular weight is 804 g/mol. The molecular formula is C32H24ClF6N5O7S2. The number of fused-ring (bicyclic) bond motifs is 1. The summed E-state index contributed by atoms with van der Waals surface area (Å²) in [5.74, 6) is -4.21. The molecule has 1 unspecified atom stereocenters. The maximum Gasteiger partial charge on any atom is 0.492 e. The van der Waals surface area contributed by atoms with Crippen molar-refractivity contribution in [2.45, 2.75) is 29.7 Å². The molecule has 1 atom stereocenters. The van der Waals surface area contributed by atoms with Crippen LogP contribution < -0.4 is 9.03 Å². The van der Waals surface area contributed by atoms with Gasteiger partial charge in [0.15, 0.2) is 0 Å². The smallest absolute Gasteiger partial charge is 0.344 e. The largest absolute Gasteiger partial charge is 0.492 e. The average Bonchev–Trinajstić information content (AvgIpc) is 3.64. The second kappa shape index (κ2) is 13.8. The lowest BCUT2D eigenvalue weighted by atomic mass is 10.1. The Morgan fingerprint density at radius 3 is 2.21 bits per heavy atom. The molecule has 1 aliphatic heterocycles. The normalized spacial score (nSPS) is 16.1. The molecule has 1 aromatic heterocycles. The number of alkyl halides is 6. The summed E-state index contributed by atoms with van der Waals surface area (Å²) in [6, 6.07) is 17.4. The Kier molecular flexibility index (Phi) is 9.90. The quantitative estimate of drug-likeness (QED) is 0.0877. The molecule has 0 bridgehead atoms. The third-order valence-corrected chi connectivity index (χ3v) is 11.3. The number of H-pyrrole nitrogens is 1. The van der Waals surface area contributed by atoms with Gasteiger partial charge in [0.25, 0.3) is 15.9 Å².